The number of H-pyrrole nitrogens is 1. The summed E-state index contributed by atoms with van der Waals surface area (Å²) in [4.78, 5) is 36.2. The molecule has 0 aliphatic carbocycles. The fourth-order valence-corrected chi connectivity index (χ4v) is 4.69. The van der Waals surface area contributed by atoms with Gasteiger partial charge < -0.3 is 20.2 Å². The van der Waals surface area contributed by atoms with Crippen LogP contribution in [0.4, 0.5) is 10.6 Å². The van der Waals surface area contributed by atoms with Crippen LogP contribution in [0.2, 0.25) is 0 Å². The van der Waals surface area contributed by atoms with Crippen LogP contribution >= 0.6 is 0 Å². The van der Waals surface area contributed by atoms with Crippen LogP contribution in [0.15, 0.2) is 24.4 Å². The highest BCUT2D eigenvalue weighted by Crippen LogP contribution is 2.41. The Morgan fingerprint density at radius 1 is 1.31 bits per heavy atom. The second-order valence-corrected chi connectivity index (χ2v) is 9.13. The third-order valence-corrected chi connectivity index (χ3v) is 6.65. The van der Waals surface area contributed by atoms with E-state index in [1.54, 1.807) is 24.4 Å². The number of nitrogens with zero attached hydrogens (tertiary/aromatic N) is 5. The molecule has 10 nitrogen and oxygen atoms in total. The highest BCUT2D eigenvalue weighted by atomic mass is 16.3. The summed E-state index contributed by atoms with van der Waals surface area (Å²) in [5, 5.41) is 19.6. The number of aliphatic hydroxyl groups is 1. The number of likely N-dealkylation sites (N-methyl/N-ethyl adjacent to an activating group) is 1. The number of carbonyl (C=O) groups is 2. The molecule has 0 saturated carbocycles. The highest BCUT2D eigenvalue weighted by Gasteiger charge is 2.46. The van der Waals surface area contributed by atoms with Crippen LogP contribution < -0.4 is 5.32 Å². The van der Waals surface area contributed by atoms with Crippen molar-refractivity contribution in [3.8, 4) is 0 Å². The number of amides is 3. The van der Waals surface area contributed by atoms with Crippen LogP contribution in [0.3, 0.4) is 0 Å². The standard InChI is InChI=1S/C22H31N7O3/c1-14-11-27(4)15(8-10-30)12-28(14)21(32)29-13-16-18(22(29,2)3)25-26-19(16)24-20(31)17-7-5-6-9-23-17/h5-7,9,14-15,30H,8,10-13H2,1-4H3,(H2,24,25,26,31)/t14-,15-/m0/s1. The maximum absolute atomic E-state index is 13.6. The van der Waals surface area contributed by atoms with Crippen LogP contribution in [-0.4, -0.2) is 85.8 Å². The van der Waals surface area contributed by atoms with Crippen LogP contribution in [-0.2, 0) is 12.1 Å². The van der Waals surface area contributed by atoms with Crippen LogP contribution in [0.25, 0.3) is 0 Å². The Morgan fingerprint density at radius 3 is 2.78 bits per heavy atom. The van der Waals surface area contributed by atoms with Gasteiger partial charge in [0.1, 0.15) is 5.69 Å². The van der Waals surface area contributed by atoms with E-state index < -0.39 is 5.54 Å². The lowest BCUT2D eigenvalue weighted by molar-refractivity contribution is 0.0337. The summed E-state index contributed by atoms with van der Waals surface area (Å²) < 4.78 is 0. The fraction of sp³-hybridized carbons (Fsp3) is 0.545. The molecule has 2 atom stereocenters. The Labute approximate surface area is 187 Å². The molecule has 0 radical (unpaired) electrons. The summed E-state index contributed by atoms with van der Waals surface area (Å²) >= 11 is 0. The van der Waals surface area contributed by atoms with Crippen LogP contribution in [0, 0.1) is 0 Å². The average molecular weight is 442 g/mol. The third-order valence-electron chi connectivity index (χ3n) is 6.65. The Morgan fingerprint density at radius 2 is 2.09 bits per heavy atom. The minimum atomic E-state index is -0.608. The highest BCUT2D eigenvalue weighted by molar-refractivity contribution is 6.02. The number of aromatic amines is 1. The molecule has 0 unspecified atom stereocenters. The van der Waals surface area contributed by atoms with Gasteiger partial charge in [-0.25, -0.2) is 4.79 Å². The van der Waals surface area contributed by atoms with E-state index in [0.29, 0.717) is 31.0 Å². The first-order chi connectivity index (χ1) is 15.2. The van der Waals surface area contributed by atoms with Gasteiger partial charge in [-0.05, 0) is 46.4 Å². The zero-order valence-electron chi connectivity index (χ0n) is 19.0. The summed E-state index contributed by atoms with van der Waals surface area (Å²) in [5.41, 5.74) is 1.32. The minimum Gasteiger partial charge on any atom is -0.396 e. The van der Waals surface area contributed by atoms with Crippen LogP contribution in [0.5, 0.6) is 0 Å². The van der Waals surface area contributed by atoms with Gasteiger partial charge in [-0.15, -0.1) is 0 Å². The van der Waals surface area contributed by atoms with E-state index in [-0.39, 0.29) is 30.6 Å². The van der Waals surface area contributed by atoms with Crippen molar-refractivity contribution in [3.63, 3.8) is 0 Å². The maximum atomic E-state index is 13.6. The molecule has 32 heavy (non-hydrogen) atoms. The predicted octanol–water partition coefficient (Wildman–Crippen LogP) is 1.61. The lowest BCUT2D eigenvalue weighted by Gasteiger charge is -2.46. The number of nitrogens with one attached hydrogen (secondary N) is 2. The van der Waals surface area contributed by atoms with Gasteiger partial charge in [0.05, 0.1) is 17.8 Å². The van der Waals surface area contributed by atoms with Gasteiger partial charge in [0.2, 0.25) is 0 Å². The molecule has 0 bridgehead atoms. The first kappa shape index (κ1) is 22.2. The monoisotopic (exact) mass is 441 g/mol. The van der Waals surface area contributed by atoms with Crippen molar-refractivity contribution in [2.24, 2.45) is 0 Å². The molecule has 0 aromatic carbocycles. The quantitative estimate of drug-likeness (QED) is 0.664. The number of aromatic nitrogens is 3. The summed E-state index contributed by atoms with van der Waals surface area (Å²) in [7, 11) is 2.03. The Balaban J connectivity index is 1.53. The van der Waals surface area contributed by atoms with Crippen molar-refractivity contribution < 1.29 is 14.7 Å². The molecule has 172 valence electrons. The fourth-order valence-electron chi connectivity index (χ4n) is 4.69. The zero-order chi connectivity index (χ0) is 23.0. The molecule has 3 amide bonds. The topological polar surface area (TPSA) is 118 Å². The van der Waals surface area contributed by atoms with Gasteiger partial charge in [-0.1, -0.05) is 6.07 Å². The van der Waals surface area contributed by atoms with Crippen LogP contribution in [0.1, 0.15) is 48.9 Å². The molecule has 1 saturated heterocycles. The number of carbonyl (C=O) groups excluding carboxylic acids is 2. The lowest BCUT2D eigenvalue weighted by Crippen LogP contribution is -2.61. The summed E-state index contributed by atoms with van der Waals surface area (Å²) in [6, 6.07) is 5.27. The number of hydrogen-bond acceptors (Lipinski definition) is 6. The number of urea groups is 1. The molecular formula is C22H31N7O3. The van der Waals surface area contributed by atoms with Crippen molar-refractivity contribution in [3.05, 3.63) is 41.3 Å². The first-order valence-electron chi connectivity index (χ1n) is 10.9. The molecule has 3 N–H and O–H groups in total. The van der Waals surface area contributed by atoms with Crippen molar-refractivity contribution in [1.29, 1.82) is 0 Å². The number of hydrogen-bond donors (Lipinski definition) is 3. The SMILES string of the molecule is C[C@H]1CN(C)[C@@H](CCO)CN1C(=O)N1Cc2c(NC(=O)c3ccccn3)n[nH]c2C1(C)C. The van der Waals surface area contributed by atoms with Crippen molar-refractivity contribution in [2.75, 3.05) is 32.1 Å². The van der Waals surface area contributed by atoms with Gasteiger partial charge in [-0.3, -0.25) is 19.8 Å². The van der Waals surface area contributed by atoms with Gasteiger partial charge in [0, 0.05) is 43.5 Å². The third kappa shape index (κ3) is 3.84. The number of rotatable bonds is 4. The van der Waals surface area contributed by atoms with E-state index in [1.165, 1.54) is 0 Å². The van der Waals surface area contributed by atoms with E-state index in [9.17, 15) is 14.7 Å². The van der Waals surface area contributed by atoms with E-state index in [1.807, 2.05) is 37.6 Å². The summed E-state index contributed by atoms with van der Waals surface area (Å²) in [5.74, 6) is 0.0747. The average Bonchev–Trinajstić information content (AvgIpc) is 3.28. The largest absolute Gasteiger partial charge is 0.396 e. The number of anilines is 1. The van der Waals surface area contributed by atoms with Crippen molar-refractivity contribution >= 4 is 17.8 Å². The maximum Gasteiger partial charge on any atom is 0.321 e. The Kier molecular flexibility index (Phi) is 5.91. The number of piperazine rings is 1. The van der Waals surface area contributed by atoms with Crippen molar-refractivity contribution in [1.82, 2.24) is 29.9 Å². The smallest absolute Gasteiger partial charge is 0.321 e. The number of fused-ring (bicyclic) bond motifs is 1. The van der Waals surface area contributed by atoms with E-state index in [0.717, 1.165) is 17.8 Å². The lowest BCUT2D eigenvalue weighted by atomic mass is 10.0. The molecule has 4 heterocycles. The first-order valence-corrected chi connectivity index (χ1v) is 10.9. The molecule has 2 aliphatic heterocycles. The molecule has 10 heteroatoms. The zero-order valence-corrected chi connectivity index (χ0v) is 19.0. The van der Waals surface area contributed by atoms with Gasteiger partial charge in [-0.2, -0.15) is 5.10 Å². The minimum absolute atomic E-state index is 0.0508. The van der Waals surface area contributed by atoms with E-state index in [4.69, 9.17) is 0 Å². The number of pyridine rings is 1. The Bertz CT molecular complexity index is 991. The molecule has 2 aromatic rings. The molecule has 1 fully saturated rings. The normalized spacial score (nSPS) is 22.7. The second kappa shape index (κ2) is 8.51. The van der Waals surface area contributed by atoms with Gasteiger partial charge in [0.15, 0.2) is 5.82 Å². The number of aliphatic hydroxyl groups excluding tert-OH is 1. The van der Waals surface area contributed by atoms with Crippen molar-refractivity contribution in [2.45, 2.75) is 51.4 Å². The summed E-state index contributed by atoms with van der Waals surface area (Å²) in [6.07, 6.45) is 2.19. The predicted molar refractivity (Wildman–Crippen MR) is 119 cm³/mol. The van der Waals surface area contributed by atoms with E-state index in [2.05, 4.69) is 25.4 Å². The van der Waals surface area contributed by atoms with Gasteiger partial charge in [0.25, 0.3) is 5.91 Å². The van der Waals surface area contributed by atoms with E-state index >= 15 is 0 Å². The molecule has 4 rings (SSSR count). The second-order valence-electron chi connectivity index (χ2n) is 9.13. The summed E-state index contributed by atoms with van der Waals surface area (Å²) in [6.45, 7) is 7.76. The Hall–Kier alpha value is -2.98. The molecule has 2 aromatic heterocycles. The molecular weight excluding hydrogens is 410 g/mol. The molecule has 0 spiro atoms. The molecule has 2 aliphatic rings. The van der Waals surface area contributed by atoms with Gasteiger partial charge >= 0.3 is 6.03 Å².